The van der Waals surface area contributed by atoms with Crippen molar-refractivity contribution in [3.05, 3.63) is 64.7 Å². The summed E-state index contributed by atoms with van der Waals surface area (Å²) in [6, 6.07) is 7.75. The second-order valence-electron chi connectivity index (χ2n) is 12.0. The maximum atomic E-state index is 15.0. The SMILES string of the molecule is CC(C1CCOCC1)n1ncc2c(-c3ccc4c(c3)OC(F)(F)C(=O)N4Cc3ccc(Cl)cn3)c(C(N)=O)c(CC3CC3)nc21. The van der Waals surface area contributed by atoms with Gasteiger partial charge in [0.1, 0.15) is 0 Å². The molecular weight excluding hydrogens is 606 g/mol. The molecule has 1 aromatic carbocycles. The molecule has 10 nitrogen and oxygen atoms in total. The number of rotatable bonds is 8. The van der Waals surface area contributed by atoms with Gasteiger partial charge in [-0.2, -0.15) is 13.9 Å². The summed E-state index contributed by atoms with van der Waals surface area (Å²) in [6.45, 7) is 3.23. The Labute approximate surface area is 262 Å². The number of hydrogen-bond acceptors (Lipinski definition) is 7. The highest BCUT2D eigenvalue weighted by molar-refractivity contribution is 6.30. The van der Waals surface area contributed by atoms with E-state index in [1.807, 2.05) is 4.68 Å². The van der Waals surface area contributed by atoms with Gasteiger partial charge in [-0.25, -0.2) is 9.67 Å². The Bertz CT molecular complexity index is 1800. The standard InChI is InChI=1S/C32H31ClF2N6O4/c1-17(19-8-10-44-11-9-19)41-30-23(15-38-41)27(28(29(36)42)24(39-30)12-18-2-3-18)20-4-7-25-26(13-20)45-32(34,35)31(43)40(25)16-22-6-5-21(33)14-37-22/h4-7,13-15,17-19H,2-3,8-12,16H2,1H3,(H2,36,42). The molecule has 0 radical (unpaired) electrons. The summed E-state index contributed by atoms with van der Waals surface area (Å²) >= 11 is 5.93. The Balaban J connectivity index is 1.37. The number of anilines is 1. The topological polar surface area (TPSA) is 125 Å². The molecule has 1 saturated heterocycles. The maximum absolute atomic E-state index is 15.0. The summed E-state index contributed by atoms with van der Waals surface area (Å²) < 4.78 is 42.5. The first-order valence-corrected chi connectivity index (χ1v) is 15.4. The van der Waals surface area contributed by atoms with Crippen LogP contribution in [0.5, 0.6) is 5.75 Å². The molecule has 1 saturated carbocycles. The zero-order chi connectivity index (χ0) is 31.5. The second kappa shape index (κ2) is 11.3. The predicted molar refractivity (Wildman–Crippen MR) is 162 cm³/mol. The smallest absolute Gasteiger partial charge is 0.423 e. The maximum Gasteiger partial charge on any atom is 0.482 e. The Kier molecular flexibility index (Phi) is 7.44. The first-order chi connectivity index (χ1) is 21.6. The highest BCUT2D eigenvalue weighted by Crippen LogP contribution is 2.45. The predicted octanol–water partition coefficient (Wildman–Crippen LogP) is 5.70. The zero-order valence-corrected chi connectivity index (χ0v) is 25.3. The minimum absolute atomic E-state index is 0.00607. The van der Waals surface area contributed by atoms with Crippen molar-refractivity contribution in [2.75, 3.05) is 18.1 Å². The second-order valence-corrected chi connectivity index (χ2v) is 12.4. The lowest BCUT2D eigenvalue weighted by atomic mass is 9.92. The number of pyridine rings is 2. The van der Waals surface area contributed by atoms with E-state index in [9.17, 15) is 9.59 Å². The van der Waals surface area contributed by atoms with Crippen LogP contribution in [0.1, 0.15) is 60.4 Å². The van der Waals surface area contributed by atoms with Gasteiger partial charge in [-0.1, -0.05) is 17.7 Å². The van der Waals surface area contributed by atoms with Gasteiger partial charge in [0.2, 0.25) is 0 Å². The van der Waals surface area contributed by atoms with E-state index in [0.717, 1.165) is 30.6 Å². The van der Waals surface area contributed by atoms with Crippen LogP contribution < -0.4 is 15.4 Å². The highest BCUT2D eigenvalue weighted by Gasteiger charge is 2.50. The number of aromatic nitrogens is 4. The van der Waals surface area contributed by atoms with Crippen molar-refractivity contribution < 1.29 is 27.8 Å². The molecule has 234 valence electrons. The molecule has 4 aromatic rings. The summed E-state index contributed by atoms with van der Waals surface area (Å²) in [4.78, 5) is 36.0. The lowest BCUT2D eigenvalue weighted by molar-refractivity contribution is -0.193. The minimum Gasteiger partial charge on any atom is -0.423 e. The number of primary amides is 1. The normalized spacial score (nSPS) is 18.9. The number of nitrogens with zero attached hydrogens (tertiary/aromatic N) is 5. The number of carbonyl (C=O) groups excluding carboxylic acids is 2. The molecule has 2 N–H and O–H groups in total. The molecule has 2 fully saturated rings. The first kappa shape index (κ1) is 29.5. The summed E-state index contributed by atoms with van der Waals surface area (Å²) in [5.74, 6) is -1.70. The number of nitrogens with two attached hydrogens (primary N) is 1. The number of alkyl halides is 2. The first-order valence-electron chi connectivity index (χ1n) is 15.0. The number of carbonyl (C=O) groups is 2. The van der Waals surface area contributed by atoms with Crippen molar-refractivity contribution in [2.45, 2.75) is 57.7 Å². The van der Waals surface area contributed by atoms with Gasteiger partial charge in [0, 0.05) is 30.4 Å². The molecular formula is C32H31ClF2N6O4. The Hall–Kier alpha value is -4.16. The van der Waals surface area contributed by atoms with Crippen LogP contribution in [0, 0.1) is 11.8 Å². The van der Waals surface area contributed by atoms with Gasteiger partial charge in [-0.05, 0) is 80.7 Å². The lowest BCUT2D eigenvalue weighted by Crippen LogP contribution is -2.50. The Morgan fingerprint density at radius 3 is 2.62 bits per heavy atom. The highest BCUT2D eigenvalue weighted by atomic mass is 35.5. The molecule has 45 heavy (non-hydrogen) atoms. The fraction of sp³-hybridized carbons (Fsp3) is 0.406. The van der Waals surface area contributed by atoms with E-state index < -0.39 is 17.9 Å². The van der Waals surface area contributed by atoms with Gasteiger partial charge in [-0.3, -0.25) is 19.5 Å². The molecule has 1 unspecified atom stereocenters. The van der Waals surface area contributed by atoms with E-state index in [0.29, 0.717) is 70.0 Å². The summed E-state index contributed by atoms with van der Waals surface area (Å²) in [5.41, 5.74) is 8.75. The monoisotopic (exact) mass is 636 g/mol. The average Bonchev–Trinajstić information content (AvgIpc) is 3.74. The molecule has 3 aromatic heterocycles. The zero-order valence-electron chi connectivity index (χ0n) is 24.5. The molecule has 5 heterocycles. The molecule has 3 aliphatic rings. The van der Waals surface area contributed by atoms with Crippen molar-refractivity contribution in [1.29, 1.82) is 0 Å². The lowest BCUT2D eigenvalue weighted by Gasteiger charge is -2.33. The van der Waals surface area contributed by atoms with E-state index >= 15 is 8.78 Å². The molecule has 2 amide bonds. The summed E-state index contributed by atoms with van der Waals surface area (Å²) in [7, 11) is 0. The summed E-state index contributed by atoms with van der Waals surface area (Å²) in [5, 5.41) is 5.67. The van der Waals surface area contributed by atoms with Gasteiger partial charge in [0.05, 0.1) is 46.4 Å². The largest absolute Gasteiger partial charge is 0.482 e. The number of fused-ring (bicyclic) bond motifs is 2. The van der Waals surface area contributed by atoms with Crippen LogP contribution in [0.4, 0.5) is 14.5 Å². The van der Waals surface area contributed by atoms with Gasteiger partial charge in [-0.15, -0.1) is 0 Å². The average molecular weight is 637 g/mol. The molecule has 13 heteroatoms. The van der Waals surface area contributed by atoms with Crippen molar-refractivity contribution in [3.63, 3.8) is 0 Å². The molecule has 2 aliphatic heterocycles. The van der Waals surface area contributed by atoms with Crippen LogP contribution >= 0.6 is 11.6 Å². The quantitative estimate of drug-likeness (QED) is 0.263. The molecule has 0 bridgehead atoms. The molecule has 1 aliphatic carbocycles. The van der Waals surface area contributed by atoms with Crippen molar-refractivity contribution >= 4 is 40.1 Å². The van der Waals surface area contributed by atoms with Gasteiger partial charge >= 0.3 is 12.0 Å². The van der Waals surface area contributed by atoms with E-state index in [-0.39, 0.29) is 29.6 Å². The minimum atomic E-state index is -4.13. The number of halogens is 3. The third-order valence-corrected chi connectivity index (χ3v) is 9.18. The molecule has 0 spiro atoms. The van der Waals surface area contributed by atoms with Crippen LogP contribution in [0.2, 0.25) is 5.02 Å². The number of benzene rings is 1. The van der Waals surface area contributed by atoms with Gasteiger partial charge in [0.15, 0.2) is 11.4 Å². The van der Waals surface area contributed by atoms with Gasteiger partial charge in [0.25, 0.3) is 5.91 Å². The fourth-order valence-electron chi connectivity index (χ4n) is 6.35. The fourth-order valence-corrected chi connectivity index (χ4v) is 6.46. The number of amides is 2. The van der Waals surface area contributed by atoms with Crippen molar-refractivity contribution in [1.82, 2.24) is 19.7 Å². The van der Waals surface area contributed by atoms with E-state index in [1.165, 1.54) is 18.3 Å². The molecule has 1 atom stereocenters. The Morgan fingerprint density at radius 1 is 1.16 bits per heavy atom. The third kappa shape index (κ3) is 5.50. The Morgan fingerprint density at radius 2 is 1.93 bits per heavy atom. The third-order valence-electron chi connectivity index (χ3n) is 8.96. The van der Waals surface area contributed by atoms with E-state index in [4.69, 9.17) is 36.9 Å². The van der Waals surface area contributed by atoms with Crippen LogP contribution in [-0.4, -0.2) is 50.9 Å². The van der Waals surface area contributed by atoms with Gasteiger partial charge < -0.3 is 15.2 Å². The number of ether oxygens (including phenoxy) is 2. The van der Waals surface area contributed by atoms with Crippen LogP contribution in [0.3, 0.4) is 0 Å². The van der Waals surface area contributed by atoms with Crippen molar-refractivity contribution in [3.8, 4) is 16.9 Å². The number of hydrogen-bond donors (Lipinski definition) is 1. The van der Waals surface area contributed by atoms with Crippen LogP contribution in [-0.2, 0) is 22.5 Å². The molecule has 7 rings (SSSR count). The van der Waals surface area contributed by atoms with Crippen LogP contribution in [0.25, 0.3) is 22.2 Å². The summed E-state index contributed by atoms with van der Waals surface area (Å²) in [6.07, 6.45) is 3.30. The van der Waals surface area contributed by atoms with Crippen LogP contribution in [0.15, 0.2) is 42.7 Å². The van der Waals surface area contributed by atoms with Crippen molar-refractivity contribution in [2.24, 2.45) is 17.6 Å². The van der Waals surface area contributed by atoms with E-state index in [2.05, 4.69) is 11.9 Å². The van der Waals surface area contributed by atoms with E-state index in [1.54, 1.807) is 24.4 Å².